The Morgan fingerprint density at radius 3 is 2.83 bits per heavy atom. The van der Waals surface area contributed by atoms with Gasteiger partial charge in [0.2, 0.25) is 10.0 Å². The smallest absolute Gasteiger partial charge is 0.244 e. The highest BCUT2D eigenvalue weighted by Gasteiger charge is 2.21. The summed E-state index contributed by atoms with van der Waals surface area (Å²) in [6, 6.07) is 3.05. The number of hydrogen-bond donors (Lipinski definition) is 3. The number of sulfonamides is 1. The molecule has 0 unspecified atom stereocenters. The van der Waals surface area contributed by atoms with Crippen molar-refractivity contribution >= 4 is 15.8 Å². The summed E-state index contributed by atoms with van der Waals surface area (Å²) < 4.78 is 26.7. The number of nitrogen functional groups attached to an aromatic ring is 1. The molecule has 2 rings (SSSR count). The average molecular weight is 270 g/mol. The van der Waals surface area contributed by atoms with E-state index in [1.807, 2.05) is 0 Å². The standard InChI is InChI=1S/C11H18N4O2S/c12-15-11-10(5-2-7-13-11)18(16,17)14-8-6-9-3-1-4-9/h2,5,7,9,14H,1,3-4,6,8,12H2,(H,13,15). The molecule has 1 aliphatic carbocycles. The predicted octanol–water partition coefficient (Wildman–Crippen LogP) is 0.836. The van der Waals surface area contributed by atoms with Gasteiger partial charge in [-0.25, -0.2) is 24.0 Å². The highest BCUT2D eigenvalue weighted by Crippen LogP contribution is 2.29. The second kappa shape index (κ2) is 5.64. The van der Waals surface area contributed by atoms with E-state index >= 15 is 0 Å². The van der Waals surface area contributed by atoms with Crippen molar-refractivity contribution in [1.29, 1.82) is 0 Å². The number of nitrogens with zero attached hydrogens (tertiary/aromatic N) is 1. The Balaban J connectivity index is 2.00. The lowest BCUT2D eigenvalue weighted by molar-refractivity contribution is 0.297. The fourth-order valence-electron chi connectivity index (χ4n) is 1.97. The minimum Gasteiger partial charge on any atom is -0.307 e. The molecule has 6 nitrogen and oxygen atoms in total. The van der Waals surface area contributed by atoms with Crippen LogP contribution in [0.4, 0.5) is 5.82 Å². The van der Waals surface area contributed by atoms with E-state index in [2.05, 4.69) is 15.1 Å². The van der Waals surface area contributed by atoms with Crippen molar-refractivity contribution in [3.63, 3.8) is 0 Å². The van der Waals surface area contributed by atoms with Crippen molar-refractivity contribution in [3.05, 3.63) is 18.3 Å². The minimum absolute atomic E-state index is 0.0844. The number of nitrogens with two attached hydrogens (primary N) is 1. The number of rotatable bonds is 6. The van der Waals surface area contributed by atoms with E-state index in [1.165, 1.54) is 31.5 Å². The molecule has 4 N–H and O–H groups in total. The van der Waals surface area contributed by atoms with Gasteiger partial charge in [-0.1, -0.05) is 19.3 Å². The molecule has 1 aromatic rings. The van der Waals surface area contributed by atoms with Gasteiger partial charge in [-0.05, 0) is 24.5 Å². The third kappa shape index (κ3) is 2.98. The molecule has 1 aliphatic rings. The fraction of sp³-hybridized carbons (Fsp3) is 0.545. The van der Waals surface area contributed by atoms with E-state index in [4.69, 9.17) is 5.84 Å². The summed E-state index contributed by atoms with van der Waals surface area (Å²) in [5.74, 6) is 6.09. The molecule has 1 heterocycles. The number of hydrogen-bond acceptors (Lipinski definition) is 5. The third-order valence-electron chi connectivity index (χ3n) is 3.27. The Hall–Kier alpha value is -1.18. The van der Waals surface area contributed by atoms with Crippen LogP contribution in [0.2, 0.25) is 0 Å². The van der Waals surface area contributed by atoms with Crippen LogP contribution in [0.3, 0.4) is 0 Å². The Morgan fingerprint density at radius 2 is 2.22 bits per heavy atom. The van der Waals surface area contributed by atoms with Gasteiger partial charge in [0.1, 0.15) is 4.90 Å². The first-order valence-electron chi connectivity index (χ1n) is 6.05. The molecular weight excluding hydrogens is 252 g/mol. The Morgan fingerprint density at radius 1 is 1.44 bits per heavy atom. The largest absolute Gasteiger partial charge is 0.307 e. The van der Waals surface area contributed by atoms with Gasteiger partial charge in [-0.15, -0.1) is 0 Å². The van der Waals surface area contributed by atoms with E-state index < -0.39 is 10.0 Å². The maximum atomic E-state index is 12.1. The minimum atomic E-state index is -3.54. The lowest BCUT2D eigenvalue weighted by Crippen LogP contribution is -2.28. The van der Waals surface area contributed by atoms with Crippen molar-refractivity contribution in [2.75, 3.05) is 12.0 Å². The van der Waals surface area contributed by atoms with Gasteiger partial charge in [0.25, 0.3) is 0 Å². The zero-order valence-corrected chi connectivity index (χ0v) is 10.9. The first kappa shape index (κ1) is 13.3. The maximum absolute atomic E-state index is 12.1. The molecule has 18 heavy (non-hydrogen) atoms. The number of nitrogens with one attached hydrogen (secondary N) is 2. The molecule has 0 atom stereocenters. The van der Waals surface area contributed by atoms with Crippen molar-refractivity contribution < 1.29 is 8.42 Å². The van der Waals surface area contributed by atoms with Crippen molar-refractivity contribution in [3.8, 4) is 0 Å². The van der Waals surface area contributed by atoms with Gasteiger partial charge in [-0.2, -0.15) is 0 Å². The van der Waals surface area contributed by atoms with E-state index in [0.29, 0.717) is 12.5 Å². The second-order valence-electron chi connectivity index (χ2n) is 4.48. The molecule has 0 spiro atoms. The van der Waals surface area contributed by atoms with Crippen LogP contribution in [0.15, 0.2) is 23.2 Å². The number of hydrazine groups is 1. The lowest BCUT2D eigenvalue weighted by Gasteiger charge is -2.25. The lowest BCUT2D eigenvalue weighted by atomic mass is 9.83. The summed E-state index contributed by atoms with van der Waals surface area (Å²) in [6.07, 6.45) is 6.07. The number of anilines is 1. The average Bonchev–Trinajstić information content (AvgIpc) is 2.32. The Labute approximate surface area is 107 Å². The quantitative estimate of drug-likeness (QED) is 0.525. The van der Waals surface area contributed by atoms with Gasteiger partial charge >= 0.3 is 0 Å². The number of pyridine rings is 1. The van der Waals surface area contributed by atoms with Crippen LogP contribution in [0, 0.1) is 5.92 Å². The van der Waals surface area contributed by atoms with Gasteiger partial charge in [0, 0.05) is 12.7 Å². The van der Waals surface area contributed by atoms with Crippen LogP contribution in [0.1, 0.15) is 25.7 Å². The highest BCUT2D eigenvalue weighted by molar-refractivity contribution is 7.89. The summed E-state index contributed by atoms with van der Waals surface area (Å²) in [5, 5.41) is 0. The van der Waals surface area contributed by atoms with Crippen LogP contribution in [0.25, 0.3) is 0 Å². The summed E-state index contributed by atoms with van der Waals surface area (Å²) >= 11 is 0. The van der Waals surface area contributed by atoms with Crippen LogP contribution in [0.5, 0.6) is 0 Å². The normalized spacial score (nSPS) is 16.3. The monoisotopic (exact) mass is 270 g/mol. The molecule has 0 saturated heterocycles. The zero-order chi connectivity index (χ0) is 13.0. The molecule has 7 heteroatoms. The van der Waals surface area contributed by atoms with Gasteiger partial charge < -0.3 is 5.43 Å². The molecule has 0 aliphatic heterocycles. The van der Waals surface area contributed by atoms with Crippen molar-refractivity contribution in [2.45, 2.75) is 30.6 Å². The van der Waals surface area contributed by atoms with E-state index in [-0.39, 0.29) is 10.7 Å². The molecule has 100 valence electrons. The predicted molar refractivity (Wildman–Crippen MR) is 69.2 cm³/mol. The summed E-state index contributed by atoms with van der Waals surface area (Å²) in [4.78, 5) is 3.96. The summed E-state index contributed by atoms with van der Waals surface area (Å²) in [6.45, 7) is 0.464. The summed E-state index contributed by atoms with van der Waals surface area (Å²) in [5.41, 5.74) is 2.29. The van der Waals surface area contributed by atoms with Gasteiger partial charge in [0.15, 0.2) is 5.82 Å². The second-order valence-corrected chi connectivity index (χ2v) is 6.21. The topological polar surface area (TPSA) is 97.1 Å². The maximum Gasteiger partial charge on any atom is 0.244 e. The molecule has 1 aromatic heterocycles. The zero-order valence-electron chi connectivity index (χ0n) is 10.1. The van der Waals surface area contributed by atoms with E-state index in [1.54, 1.807) is 6.07 Å². The van der Waals surface area contributed by atoms with E-state index in [9.17, 15) is 8.42 Å². The third-order valence-corrected chi connectivity index (χ3v) is 4.76. The molecule has 1 fully saturated rings. The van der Waals surface area contributed by atoms with Crippen LogP contribution in [-0.2, 0) is 10.0 Å². The van der Waals surface area contributed by atoms with Crippen LogP contribution in [-0.4, -0.2) is 19.9 Å². The first-order chi connectivity index (χ1) is 8.63. The Bertz CT molecular complexity index is 500. The molecule has 0 aromatic carbocycles. The molecular formula is C11H18N4O2S. The molecule has 0 bridgehead atoms. The van der Waals surface area contributed by atoms with Crippen LogP contribution < -0.4 is 16.0 Å². The Kier molecular flexibility index (Phi) is 4.15. The van der Waals surface area contributed by atoms with Crippen molar-refractivity contribution in [2.24, 2.45) is 11.8 Å². The molecule has 0 radical (unpaired) electrons. The molecule has 1 saturated carbocycles. The molecule has 0 amide bonds. The fourth-order valence-corrected chi connectivity index (χ4v) is 3.14. The van der Waals surface area contributed by atoms with Crippen LogP contribution >= 0.6 is 0 Å². The SMILES string of the molecule is NNc1ncccc1S(=O)(=O)NCCC1CCC1. The highest BCUT2D eigenvalue weighted by atomic mass is 32.2. The van der Waals surface area contributed by atoms with Gasteiger partial charge in [0.05, 0.1) is 0 Å². The van der Waals surface area contributed by atoms with Gasteiger partial charge in [-0.3, -0.25) is 0 Å². The van der Waals surface area contributed by atoms with E-state index in [0.717, 1.165) is 6.42 Å². The summed E-state index contributed by atoms with van der Waals surface area (Å²) in [7, 11) is -3.54. The van der Waals surface area contributed by atoms with Crippen molar-refractivity contribution in [1.82, 2.24) is 9.71 Å². The number of aromatic nitrogens is 1. The first-order valence-corrected chi connectivity index (χ1v) is 7.53.